The fraction of sp³-hybridized carbons (Fsp3) is 0.222. The molecular formula is C9H7Br2IO2. The summed E-state index contributed by atoms with van der Waals surface area (Å²) in [5.74, 6) is 0.762. The second kappa shape index (κ2) is 5.46. The number of Topliss-reactive ketones (excluding diaryl/α,β-unsaturated/α-hetero) is 1. The van der Waals surface area contributed by atoms with Crippen LogP contribution in [-0.4, -0.2) is 18.2 Å². The van der Waals surface area contributed by atoms with E-state index in [0.29, 0.717) is 16.6 Å². The first-order valence-corrected chi connectivity index (χ1v) is 6.72. The summed E-state index contributed by atoms with van der Waals surface area (Å²) in [6.45, 7) is 0. The zero-order valence-corrected chi connectivity index (χ0v) is 12.6. The van der Waals surface area contributed by atoms with E-state index in [0.717, 1.165) is 8.04 Å². The molecule has 2 nitrogen and oxygen atoms in total. The highest BCUT2D eigenvalue weighted by Gasteiger charge is 2.14. The van der Waals surface area contributed by atoms with E-state index in [2.05, 4.69) is 54.5 Å². The molecule has 0 saturated heterocycles. The summed E-state index contributed by atoms with van der Waals surface area (Å²) in [7, 11) is 1.59. The Morgan fingerprint density at radius 1 is 1.57 bits per heavy atom. The molecule has 76 valence electrons. The lowest BCUT2D eigenvalue weighted by Gasteiger charge is -2.09. The van der Waals surface area contributed by atoms with E-state index in [1.54, 1.807) is 13.2 Å². The van der Waals surface area contributed by atoms with E-state index in [4.69, 9.17) is 4.74 Å². The first kappa shape index (κ1) is 12.4. The van der Waals surface area contributed by atoms with E-state index < -0.39 is 0 Å². The number of alkyl halides is 1. The number of carbonyl (C=O) groups excluding carboxylic acids is 1. The van der Waals surface area contributed by atoms with E-state index in [1.807, 2.05) is 6.07 Å². The van der Waals surface area contributed by atoms with Crippen LogP contribution in [0.25, 0.3) is 0 Å². The normalized spacial score (nSPS) is 10.0. The highest BCUT2D eigenvalue weighted by atomic mass is 127. The van der Waals surface area contributed by atoms with Gasteiger partial charge in [-0.1, -0.05) is 15.9 Å². The Labute approximate surface area is 113 Å². The fourth-order valence-corrected chi connectivity index (χ4v) is 3.16. The minimum absolute atomic E-state index is 0.0557. The third kappa shape index (κ3) is 2.49. The number of hydrogen-bond donors (Lipinski definition) is 0. The third-order valence-electron chi connectivity index (χ3n) is 1.67. The van der Waals surface area contributed by atoms with Crippen LogP contribution in [0.1, 0.15) is 10.4 Å². The average Bonchev–Trinajstić information content (AvgIpc) is 2.18. The first-order chi connectivity index (χ1) is 6.61. The van der Waals surface area contributed by atoms with Gasteiger partial charge < -0.3 is 4.74 Å². The highest BCUT2D eigenvalue weighted by Crippen LogP contribution is 2.32. The Balaban J connectivity index is 3.28. The lowest BCUT2D eigenvalue weighted by Crippen LogP contribution is -2.04. The fourth-order valence-electron chi connectivity index (χ4n) is 1.01. The number of ketones is 1. The average molecular weight is 434 g/mol. The molecule has 0 aliphatic carbocycles. The van der Waals surface area contributed by atoms with Crippen molar-refractivity contribution in [2.45, 2.75) is 0 Å². The molecule has 0 spiro atoms. The minimum atomic E-state index is 0.0557. The molecule has 1 aromatic rings. The summed E-state index contributed by atoms with van der Waals surface area (Å²) in [6.07, 6.45) is 0. The van der Waals surface area contributed by atoms with Gasteiger partial charge in [0.2, 0.25) is 0 Å². The van der Waals surface area contributed by atoms with Gasteiger partial charge in [0.15, 0.2) is 5.78 Å². The van der Waals surface area contributed by atoms with Gasteiger partial charge in [0.1, 0.15) is 5.75 Å². The van der Waals surface area contributed by atoms with Crippen molar-refractivity contribution in [1.29, 1.82) is 0 Å². The summed E-state index contributed by atoms with van der Waals surface area (Å²) >= 11 is 8.61. The maximum atomic E-state index is 11.5. The zero-order valence-electron chi connectivity index (χ0n) is 7.31. The van der Waals surface area contributed by atoms with Crippen molar-refractivity contribution in [2.75, 3.05) is 12.4 Å². The van der Waals surface area contributed by atoms with Crippen molar-refractivity contribution < 1.29 is 9.53 Å². The molecule has 0 N–H and O–H groups in total. The molecule has 0 radical (unpaired) electrons. The second-order valence-electron chi connectivity index (χ2n) is 2.50. The van der Waals surface area contributed by atoms with Crippen LogP contribution in [0.2, 0.25) is 0 Å². The van der Waals surface area contributed by atoms with Crippen molar-refractivity contribution in [3.63, 3.8) is 0 Å². The van der Waals surface area contributed by atoms with Gasteiger partial charge in [0, 0.05) is 5.56 Å². The third-order valence-corrected chi connectivity index (χ3v) is 3.88. The van der Waals surface area contributed by atoms with Crippen molar-refractivity contribution in [1.82, 2.24) is 0 Å². The second-order valence-corrected chi connectivity index (χ2v) is 4.99. The molecule has 0 amide bonds. The number of ether oxygens (including phenoxy) is 1. The Kier molecular flexibility index (Phi) is 4.86. The van der Waals surface area contributed by atoms with E-state index >= 15 is 0 Å². The lowest BCUT2D eigenvalue weighted by molar-refractivity contribution is 0.102. The van der Waals surface area contributed by atoms with Crippen LogP contribution >= 0.6 is 54.5 Å². The molecule has 0 aromatic heterocycles. The summed E-state index contributed by atoms with van der Waals surface area (Å²) in [6, 6.07) is 3.61. The van der Waals surface area contributed by atoms with E-state index in [-0.39, 0.29) is 5.78 Å². The molecule has 0 saturated carbocycles. The molecule has 1 aromatic carbocycles. The number of halogens is 3. The number of rotatable bonds is 3. The smallest absolute Gasteiger partial charge is 0.174 e. The zero-order chi connectivity index (χ0) is 10.7. The predicted octanol–water partition coefficient (Wildman–Crippen LogP) is 3.64. The topological polar surface area (TPSA) is 26.3 Å². The Morgan fingerprint density at radius 2 is 2.21 bits per heavy atom. The van der Waals surface area contributed by atoms with Crippen LogP contribution in [-0.2, 0) is 0 Å². The van der Waals surface area contributed by atoms with E-state index in [1.165, 1.54) is 0 Å². The van der Waals surface area contributed by atoms with Gasteiger partial charge in [0.05, 0.1) is 20.5 Å². The summed E-state index contributed by atoms with van der Waals surface area (Å²) < 4.78 is 6.88. The Bertz CT molecular complexity index is 366. The lowest BCUT2D eigenvalue weighted by atomic mass is 10.1. The maximum Gasteiger partial charge on any atom is 0.174 e. The summed E-state index contributed by atoms with van der Waals surface area (Å²) in [4.78, 5) is 11.5. The highest BCUT2D eigenvalue weighted by molar-refractivity contribution is 14.1. The molecule has 1 rings (SSSR count). The van der Waals surface area contributed by atoms with Crippen molar-refractivity contribution >= 4 is 60.2 Å². The maximum absolute atomic E-state index is 11.5. The summed E-state index contributed by atoms with van der Waals surface area (Å²) in [5, 5.41) is 0.327. The molecule has 0 unspecified atom stereocenters. The predicted molar refractivity (Wildman–Crippen MR) is 71.5 cm³/mol. The molecule has 0 aliphatic heterocycles. The van der Waals surface area contributed by atoms with Crippen molar-refractivity contribution in [3.8, 4) is 5.75 Å². The molecule has 14 heavy (non-hydrogen) atoms. The summed E-state index contributed by atoms with van der Waals surface area (Å²) in [5.41, 5.74) is 0.683. The molecule has 0 aliphatic rings. The largest absolute Gasteiger partial charge is 0.494 e. The van der Waals surface area contributed by atoms with Gasteiger partial charge in [0.25, 0.3) is 0 Å². The standard InChI is InChI=1S/C9H7Br2IO2/c1-14-9-6(11)3-2-5(8(9)12)7(13)4-10/h2-3H,4H2,1H3. The molecule has 0 heterocycles. The van der Waals surface area contributed by atoms with Crippen LogP contribution < -0.4 is 4.74 Å². The van der Waals surface area contributed by atoms with Gasteiger partial charge in [-0.05, 0) is 50.7 Å². The van der Waals surface area contributed by atoms with Gasteiger partial charge in [-0.3, -0.25) is 4.79 Å². The number of carbonyl (C=O) groups is 1. The number of methoxy groups -OCH3 is 1. The molecular weight excluding hydrogens is 427 g/mol. The van der Waals surface area contributed by atoms with Gasteiger partial charge >= 0.3 is 0 Å². The molecule has 0 fully saturated rings. The van der Waals surface area contributed by atoms with Crippen molar-refractivity contribution in [3.05, 3.63) is 25.7 Å². The Hall–Kier alpha value is 0.380. The van der Waals surface area contributed by atoms with Crippen LogP contribution in [0.5, 0.6) is 5.75 Å². The van der Waals surface area contributed by atoms with Gasteiger partial charge in [-0.25, -0.2) is 0 Å². The van der Waals surface area contributed by atoms with E-state index in [9.17, 15) is 4.79 Å². The quantitative estimate of drug-likeness (QED) is 0.413. The van der Waals surface area contributed by atoms with Crippen LogP contribution in [0.15, 0.2) is 16.6 Å². The van der Waals surface area contributed by atoms with Crippen LogP contribution in [0.3, 0.4) is 0 Å². The van der Waals surface area contributed by atoms with Gasteiger partial charge in [-0.2, -0.15) is 0 Å². The molecule has 5 heteroatoms. The number of hydrogen-bond acceptors (Lipinski definition) is 2. The monoisotopic (exact) mass is 432 g/mol. The molecule has 0 atom stereocenters. The van der Waals surface area contributed by atoms with Crippen LogP contribution in [0.4, 0.5) is 0 Å². The Morgan fingerprint density at radius 3 is 2.71 bits per heavy atom. The van der Waals surface area contributed by atoms with Crippen LogP contribution in [0, 0.1) is 3.57 Å². The SMILES string of the molecule is COc1c(Br)ccc(C(=O)CBr)c1I. The first-order valence-electron chi connectivity index (χ1n) is 3.73. The van der Waals surface area contributed by atoms with Crippen molar-refractivity contribution in [2.24, 2.45) is 0 Å². The van der Waals surface area contributed by atoms with Gasteiger partial charge in [-0.15, -0.1) is 0 Å². The number of benzene rings is 1. The molecule has 0 bridgehead atoms. The minimum Gasteiger partial charge on any atom is -0.494 e.